The first-order valence-electron chi connectivity index (χ1n) is 9.39. The summed E-state index contributed by atoms with van der Waals surface area (Å²) in [6.07, 6.45) is 2.08. The molecule has 1 amide bonds. The Hall–Kier alpha value is -3.16. The monoisotopic (exact) mass is 458 g/mol. The molecule has 8 nitrogen and oxygen atoms in total. The Morgan fingerprint density at radius 2 is 2.10 bits per heavy atom. The van der Waals surface area contributed by atoms with Crippen molar-refractivity contribution < 1.29 is 18.3 Å². The Labute approximate surface area is 184 Å². The molecule has 162 valence electrons. The molecule has 2 N–H and O–H groups in total. The number of hydrogen-bond acceptors (Lipinski definition) is 6. The van der Waals surface area contributed by atoms with Crippen molar-refractivity contribution in [2.24, 2.45) is 5.41 Å². The van der Waals surface area contributed by atoms with Crippen LogP contribution in [-0.2, 0) is 16.4 Å². The Balaban J connectivity index is 2.17. The molecule has 0 saturated heterocycles. The van der Waals surface area contributed by atoms with Gasteiger partial charge in [0, 0.05) is 24.0 Å². The molecular weight excluding hydrogens is 436 g/mol. The molecule has 0 aromatic carbocycles. The van der Waals surface area contributed by atoms with Crippen molar-refractivity contribution in [2.75, 3.05) is 0 Å². The number of carbonyl (C=O) groups is 1. The number of carboxylic acid groups (broad SMARTS) is 1. The van der Waals surface area contributed by atoms with E-state index in [-0.39, 0.29) is 16.3 Å². The van der Waals surface area contributed by atoms with Gasteiger partial charge >= 0.3 is 6.09 Å². The summed E-state index contributed by atoms with van der Waals surface area (Å²) in [4.78, 5) is 15.3. The van der Waals surface area contributed by atoms with Gasteiger partial charge in [-0.15, -0.1) is 11.3 Å². The topological polar surface area (TPSA) is 125 Å². The van der Waals surface area contributed by atoms with Crippen molar-refractivity contribution >= 4 is 27.5 Å². The van der Waals surface area contributed by atoms with Gasteiger partial charge < -0.3 is 10.4 Å². The predicted octanol–water partition coefficient (Wildman–Crippen LogP) is 3.95. The Bertz CT molecular complexity index is 1230. The summed E-state index contributed by atoms with van der Waals surface area (Å²) in [5.41, 5.74) is 1.01. The number of amides is 1. The van der Waals surface area contributed by atoms with Crippen molar-refractivity contribution in [2.45, 2.75) is 37.4 Å². The molecule has 1 atom stereocenters. The highest BCUT2D eigenvalue weighted by Crippen LogP contribution is 2.32. The summed E-state index contributed by atoms with van der Waals surface area (Å²) in [7, 11) is -3.91. The molecule has 0 spiro atoms. The average molecular weight is 459 g/mol. The summed E-state index contributed by atoms with van der Waals surface area (Å²) in [5.74, 6) is 0. The maximum Gasteiger partial charge on any atom is 0.404 e. The van der Waals surface area contributed by atoms with Gasteiger partial charge in [0.05, 0.1) is 5.69 Å². The minimum Gasteiger partial charge on any atom is -0.465 e. The first-order chi connectivity index (χ1) is 14.5. The van der Waals surface area contributed by atoms with Crippen LogP contribution in [-0.4, -0.2) is 34.6 Å². The third-order valence-corrected chi connectivity index (χ3v) is 7.87. The van der Waals surface area contributed by atoms with Gasteiger partial charge in [-0.2, -0.15) is 13.7 Å². The number of nitrogens with one attached hydrogen (secondary N) is 1. The van der Waals surface area contributed by atoms with Crippen molar-refractivity contribution in [3.8, 4) is 17.3 Å². The smallest absolute Gasteiger partial charge is 0.404 e. The van der Waals surface area contributed by atoms with E-state index in [9.17, 15) is 23.6 Å². The number of hydrogen-bond donors (Lipinski definition) is 2. The van der Waals surface area contributed by atoms with E-state index in [1.807, 2.05) is 26.8 Å². The fourth-order valence-electron chi connectivity index (χ4n) is 3.17. The summed E-state index contributed by atoms with van der Waals surface area (Å²) in [5, 5.41) is 22.9. The molecule has 0 aliphatic rings. The van der Waals surface area contributed by atoms with Crippen LogP contribution in [0.15, 0.2) is 52.3 Å². The molecule has 0 aliphatic heterocycles. The predicted molar refractivity (Wildman–Crippen MR) is 117 cm³/mol. The second kappa shape index (κ2) is 8.53. The number of thiophene rings is 1. The van der Waals surface area contributed by atoms with Crippen LogP contribution >= 0.6 is 11.3 Å². The van der Waals surface area contributed by atoms with E-state index in [4.69, 9.17) is 0 Å². The van der Waals surface area contributed by atoms with E-state index in [0.29, 0.717) is 16.8 Å². The summed E-state index contributed by atoms with van der Waals surface area (Å²) >= 11 is 1.09. The first kappa shape index (κ1) is 22.5. The lowest BCUT2D eigenvalue weighted by Gasteiger charge is -2.30. The van der Waals surface area contributed by atoms with E-state index >= 15 is 0 Å². The molecule has 10 heteroatoms. The minimum absolute atomic E-state index is 0.103. The van der Waals surface area contributed by atoms with Crippen molar-refractivity contribution in [3.05, 3.63) is 59.4 Å². The summed E-state index contributed by atoms with van der Waals surface area (Å²) in [6.45, 7) is 5.72. The molecule has 0 radical (unpaired) electrons. The zero-order valence-corrected chi connectivity index (χ0v) is 18.9. The Morgan fingerprint density at radius 3 is 2.68 bits per heavy atom. The van der Waals surface area contributed by atoms with Crippen LogP contribution in [0, 0.1) is 16.7 Å². The van der Waals surface area contributed by atoms with Crippen molar-refractivity contribution in [1.29, 1.82) is 5.26 Å². The normalized spacial score (nSPS) is 12.8. The zero-order chi connectivity index (χ0) is 22.8. The highest BCUT2D eigenvalue weighted by atomic mass is 32.2. The van der Waals surface area contributed by atoms with Crippen LogP contribution in [0.25, 0.3) is 11.3 Å². The summed E-state index contributed by atoms with van der Waals surface area (Å²) in [6, 6.07) is 9.66. The highest BCUT2D eigenvalue weighted by molar-refractivity contribution is 7.92. The van der Waals surface area contributed by atoms with Gasteiger partial charge in [-0.3, -0.25) is 0 Å². The molecule has 0 saturated carbocycles. The van der Waals surface area contributed by atoms with Crippen molar-refractivity contribution in [1.82, 2.24) is 14.3 Å². The number of nitriles is 1. The molecule has 3 heterocycles. The lowest BCUT2D eigenvalue weighted by atomic mass is 9.83. The maximum absolute atomic E-state index is 13.3. The molecule has 1 unspecified atom stereocenters. The third kappa shape index (κ3) is 4.78. The second-order valence-electron chi connectivity index (χ2n) is 8.05. The zero-order valence-electron chi connectivity index (χ0n) is 17.2. The standard InChI is InChI=1S/C21H22N4O4S2/c1-21(2,3)18(24-20(26)27)11-14-10-17(15-6-4-8-23-16(15)12-22)25(13-14)31(28,29)19-7-5-9-30-19/h4-10,13,18,24H,11H2,1-3H3,(H,26,27). The molecule has 3 aromatic heterocycles. The average Bonchev–Trinajstić information content (AvgIpc) is 3.37. The van der Waals surface area contributed by atoms with E-state index in [1.54, 1.807) is 29.6 Å². The fraction of sp³-hybridized carbons (Fsp3) is 0.286. The second-order valence-corrected chi connectivity index (χ2v) is 11.0. The fourth-order valence-corrected chi connectivity index (χ4v) is 5.64. The lowest BCUT2D eigenvalue weighted by Crippen LogP contribution is -2.44. The first-order valence-corrected chi connectivity index (χ1v) is 11.7. The molecule has 0 bridgehead atoms. The third-order valence-electron chi connectivity index (χ3n) is 4.82. The number of pyridine rings is 1. The van der Waals surface area contributed by atoms with Gasteiger partial charge in [0.2, 0.25) is 0 Å². The van der Waals surface area contributed by atoms with E-state index < -0.39 is 27.6 Å². The van der Waals surface area contributed by atoms with Crippen LogP contribution in [0.2, 0.25) is 0 Å². The lowest BCUT2D eigenvalue weighted by molar-refractivity contribution is 0.174. The van der Waals surface area contributed by atoms with Crippen LogP contribution in [0.5, 0.6) is 0 Å². The Kier molecular flexibility index (Phi) is 6.20. The molecule has 31 heavy (non-hydrogen) atoms. The quantitative estimate of drug-likeness (QED) is 0.576. The van der Waals surface area contributed by atoms with Crippen LogP contribution in [0.1, 0.15) is 32.0 Å². The van der Waals surface area contributed by atoms with Crippen LogP contribution in [0.4, 0.5) is 4.79 Å². The largest absolute Gasteiger partial charge is 0.465 e. The molecule has 3 rings (SSSR count). The minimum atomic E-state index is -3.91. The molecule has 3 aromatic rings. The van der Waals surface area contributed by atoms with Crippen LogP contribution in [0.3, 0.4) is 0 Å². The molecule has 0 aliphatic carbocycles. The maximum atomic E-state index is 13.3. The molecular formula is C21H22N4O4S2. The summed E-state index contributed by atoms with van der Waals surface area (Å²) < 4.78 is 28.0. The number of aromatic nitrogens is 2. The van der Waals surface area contributed by atoms with Gasteiger partial charge in [0.25, 0.3) is 10.0 Å². The van der Waals surface area contributed by atoms with Crippen LogP contribution < -0.4 is 5.32 Å². The van der Waals surface area contributed by atoms with E-state index in [1.165, 1.54) is 18.5 Å². The highest BCUT2D eigenvalue weighted by Gasteiger charge is 2.29. The van der Waals surface area contributed by atoms with E-state index in [2.05, 4.69) is 10.3 Å². The molecule has 0 fully saturated rings. The Morgan fingerprint density at radius 1 is 1.35 bits per heavy atom. The SMILES string of the molecule is CC(C)(C)C(Cc1cc(-c2cccnc2C#N)n(S(=O)(=O)c2cccs2)c1)NC(=O)O. The van der Waals surface area contributed by atoms with Gasteiger partial charge in [-0.1, -0.05) is 26.8 Å². The van der Waals surface area contributed by atoms with Crippen molar-refractivity contribution in [3.63, 3.8) is 0 Å². The van der Waals surface area contributed by atoms with Gasteiger partial charge in [-0.05, 0) is 47.0 Å². The van der Waals surface area contributed by atoms with E-state index in [0.717, 1.165) is 15.3 Å². The number of nitrogens with zero attached hydrogens (tertiary/aromatic N) is 3. The van der Waals surface area contributed by atoms with Gasteiger partial charge in [-0.25, -0.2) is 13.8 Å². The van der Waals surface area contributed by atoms with Gasteiger partial charge in [0.15, 0.2) is 0 Å². The number of rotatable bonds is 6. The van der Waals surface area contributed by atoms with Gasteiger partial charge in [0.1, 0.15) is 16.0 Å².